The molecule has 4 nitrogen and oxygen atoms in total. The van der Waals surface area contributed by atoms with Crippen LogP contribution in [0.25, 0.3) is 0 Å². The third-order valence-corrected chi connectivity index (χ3v) is 4.76. The maximum Gasteiger partial charge on any atom is 0.0723 e. The van der Waals surface area contributed by atoms with Crippen LogP contribution in [-0.4, -0.2) is 39.5 Å². The van der Waals surface area contributed by atoms with Crippen LogP contribution in [0.15, 0.2) is 36.5 Å². The van der Waals surface area contributed by atoms with Gasteiger partial charge in [-0.15, -0.1) is 0 Å². The van der Waals surface area contributed by atoms with E-state index in [0.717, 1.165) is 32.6 Å². The van der Waals surface area contributed by atoms with Crippen LogP contribution in [0, 0.1) is 5.92 Å². The number of aliphatic hydroxyl groups excluding tert-OH is 1. The molecule has 4 heteroatoms. The Bertz CT molecular complexity index is 657. The molecule has 1 aromatic carbocycles. The van der Waals surface area contributed by atoms with Crippen LogP contribution in [0.4, 0.5) is 0 Å². The van der Waals surface area contributed by atoms with E-state index in [1.807, 2.05) is 6.07 Å². The first-order valence-corrected chi connectivity index (χ1v) is 8.89. The summed E-state index contributed by atoms with van der Waals surface area (Å²) in [6.45, 7) is 10.8. The summed E-state index contributed by atoms with van der Waals surface area (Å²) in [5.74, 6) is 0.433. The molecule has 24 heavy (non-hydrogen) atoms. The predicted molar refractivity (Wildman–Crippen MR) is 96.9 cm³/mol. The van der Waals surface area contributed by atoms with E-state index in [0.29, 0.717) is 12.5 Å². The molecule has 0 aliphatic carbocycles. The SMILES string of the molecule is CC(C)(C)c1nn(Cc2ccccc2)cc1CN1CCC(CO)C1. The Morgan fingerprint density at radius 3 is 2.54 bits per heavy atom. The lowest BCUT2D eigenvalue weighted by Crippen LogP contribution is -2.23. The Labute approximate surface area is 145 Å². The van der Waals surface area contributed by atoms with Gasteiger partial charge in [0.05, 0.1) is 12.2 Å². The van der Waals surface area contributed by atoms with Gasteiger partial charge in [-0.05, 0) is 24.4 Å². The number of benzene rings is 1. The average Bonchev–Trinajstić information content (AvgIpc) is 3.15. The van der Waals surface area contributed by atoms with E-state index in [1.54, 1.807) is 0 Å². The van der Waals surface area contributed by atoms with Gasteiger partial charge in [-0.25, -0.2) is 0 Å². The van der Waals surface area contributed by atoms with Crippen molar-refractivity contribution >= 4 is 0 Å². The molecule has 1 unspecified atom stereocenters. The smallest absolute Gasteiger partial charge is 0.0723 e. The second-order valence-corrected chi connectivity index (χ2v) is 8.01. The van der Waals surface area contributed by atoms with Crippen molar-refractivity contribution in [3.63, 3.8) is 0 Å². The molecule has 1 aliphatic heterocycles. The molecule has 1 atom stereocenters. The molecule has 0 bridgehead atoms. The minimum Gasteiger partial charge on any atom is -0.396 e. The standard InChI is InChI=1S/C20H29N3O/c1-20(2,3)19-18(13-22-10-9-17(11-22)15-24)14-23(21-19)12-16-7-5-4-6-8-16/h4-8,14,17,24H,9-13,15H2,1-3H3. The Morgan fingerprint density at radius 2 is 1.92 bits per heavy atom. The van der Waals surface area contributed by atoms with E-state index in [-0.39, 0.29) is 5.41 Å². The van der Waals surface area contributed by atoms with E-state index >= 15 is 0 Å². The van der Waals surface area contributed by atoms with E-state index in [9.17, 15) is 5.11 Å². The first-order chi connectivity index (χ1) is 11.5. The van der Waals surface area contributed by atoms with Gasteiger partial charge in [0.2, 0.25) is 0 Å². The number of likely N-dealkylation sites (tertiary alicyclic amines) is 1. The van der Waals surface area contributed by atoms with Crippen molar-refractivity contribution in [2.75, 3.05) is 19.7 Å². The van der Waals surface area contributed by atoms with Crippen molar-refractivity contribution in [1.82, 2.24) is 14.7 Å². The van der Waals surface area contributed by atoms with Gasteiger partial charge < -0.3 is 5.11 Å². The maximum atomic E-state index is 9.36. The van der Waals surface area contributed by atoms with Crippen LogP contribution in [-0.2, 0) is 18.5 Å². The molecular formula is C20H29N3O. The molecule has 1 N–H and O–H groups in total. The summed E-state index contributed by atoms with van der Waals surface area (Å²) >= 11 is 0. The van der Waals surface area contributed by atoms with Gasteiger partial charge in [-0.3, -0.25) is 9.58 Å². The van der Waals surface area contributed by atoms with Crippen LogP contribution < -0.4 is 0 Å². The number of hydrogen-bond donors (Lipinski definition) is 1. The summed E-state index contributed by atoms with van der Waals surface area (Å²) < 4.78 is 2.07. The number of nitrogens with zero attached hydrogens (tertiary/aromatic N) is 3. The summed E-state index contributed by atoms with van der Waals surface area (Å²) in [6.07, 6.45) is 3.30. The second-order valence-electron chi connectivity index (χ2n) is 8.01. The summed E-state index contributed by atoms with van der Waals surface area (Å²) in [6, 6.07) is 10.5. The number of rotatable bonds is 5. The molecule has 1 fully saturated rings. The maximum absolute atomic E-state index is 9.36. The fourth-order valence-electron chi connectivity index (χ4n) is 3.51. The highest BCUT2D eigenvalue weighted by molar-refractivity contribution is 5.25. The minimum atomic E-state index is 0.0351. The lowest BCUT2D eigenvalue weighted by Gasteiger charge is -2.20. The molecule has 130 valence electrons. The summed E-state index contributed by atoms with van der Waals surface area (Å²) in [4.78, 5) is 2.44. The molecule has 0 saturated carbocycles. The lowest BCUT2D eigenvalue weighted by atomic mass is 9.89. The Morgan fingerprint density at radius 1 is 1.17 bits per heavy atom. The summed E-state index contributed by atoms with van der Waals surface area (Å²) in [7, 11) is 0. The third-order valence-electron chi connectivity index (χ3n) is 4.76. The minimum absolute atomic E-state index is 0.0351. The molecular weight excluding hydrogens is 298 g/mol. The number of aromatic nitrogens is 2. The van der Waals surface area contributed by atoms with Crippen molar-refractivity contribution < 1.29 is 5.11 Å². The van der Waals surface area contributed by atoms with Crippen molar-refractivity contribution in [2.45, 2.75) is 45.7 Å². The average molecular weight is 327 g/mol. The van der Waals surface area contributed by atoms with Crippen LogP contribution in [0.2, 0.25) is 0 Å². The molecule has 1 aromatic heterocycles. The molecule has 1 aliphatic rings. The van der Waals surface area contributed by atoms with E-state index in [2.05, 4.69) is 60.8 Å². The number of hydrogen-bond acceptors (Lipinski definition) is 3. The Hall–Kier alpha value is -1.65. The molecule has 2 aromatic rings. The summed E-state index contributed by atoms with van der Waals surface area (Å²) in [5, 5.41) is 14.3. The molecule has 0 amide bonds. The zero-order valence-corrected chi connectivity index (χ0v) is 15.1. The topological polar surface area (TPSA) is 41.3 Å². The van der Waals surface area contributed by atoms with Gasteiger partial charge >= 0.3 is 0 Å². The van der Waals surface area contributed by atoms with E-state index in [1.165, 1.54) is 16.8 Å². The monoisotopic (exact) mass is 327 g/mol. The van der Waals surface area contributed by atoms with Gasteiger partial charge in [0.15, 0.2) is 0 Å². The van der Waals surface area contributed by atoms with Crippen molar-refractivity contribution in [3.05, 3.63) is 53.3 Å². The van der Waals surface area contributed by atoms with Gasteiger partial charge in [-0.2, -0.15) is 5.10 Å². The molecule has 1 saturated heterocycles. The van der Waals surface area contributed by atoms with Crippen molar-refractivity contribution in [1.29, 1.82) is 0 Å². The first kappa shape index (κ1) is 17.2. The lowest BCUT2D eigenvalue weighted by molar-refractivity contribution is 0.220. The van der Waals surface area contributed by atoms with Crippen LogP contribution >= 0.6 is 0 Å². The quantitative estimate of drug-likeness (QED) is 0.918. The molecule has 2 heterocycles. The zero-order valence-electron chi connectivity index (χ0n) is 15.1. The van der Waals surface area contributed by atoms with Gasteiger partial charge in [0, 0.05) is 36.9 Å². The van der Waals surface area contributed by atoms with Gasteiger partial charge in [0.25, 0.3) is 0 Å². The Balaban J connectivity index is 1.79. The van der Waals surface area contributed by atoms with Gasteiger partial charge in [0.1, 0.15) is 0 Å². The molecule has 3 rings (SSSR count). The Kier molecular flexibility index (Phi) is 5.07. The first-order valence-electron chi connectivity index (χ1n) is 8.89. The van der Waals surface area contributed by atoms with E-state index < -0.39 is 0 Å². The highest BCUT2D eigenvalue weighted by atomic mass is 16.3. The van der Waals surface area contributed by atoms with Crippen LogP contribution in [0.1, 0.15) is 44.0 Å². The van der Waals surface area contributed by atoms with E-state index in [4.69, 9.17) is 5.10 Å². The largest absolute Gasteiger partial charge is 0.396 e. The second kappa shape index (κ2) is 7.08. The molecule has 0 spiro atoms. The number of aliphatic hydroxyl groups is 1. The van der Waals surface area contributed by atoms with Crippen LogP contribution in [0.3, 0.4) is 0 Å². The van der Waals surface area contributed by atoms with Crippen molar-refractivity contribution in [2.24, 2.45) is 5.92 Å². The molecule has 0 radical (unpaired) electrons. The highest BCUT2D eigenvalue weighted by Gasteiger charge is 2.27. The highest BCUT2D eigenvalue weighted by Crippen LogP contribution is 2.27. The summed E-state index contributed by atoms with van der Waals surface area (Å²) in [5.41, 5.74) is 3.81. The third kappa shape index (κ3) is 4.05. The zero-order chi connectivity index (χ0) is 17.2. The van der Waals surface area contributed by atoms with Gasteiger partial charge in [-0.1, -0.05) is 51.1 Å². The fourth-order valence-corrected chi connectivity index (χ4v) is 3.51. The fraction of sp³-hybridized carbons (Fsp3) is 0.550. The predicted octanol–water partition coefficient (Wildman–Crippen LogP) is 3.04. The van der Waals surface area contributed by atoms with Crippen LogP contribution in [0.5, 0.6) is 0 Å². The normalized spacial score (nSPS) is 19.1. The van der Waals surface area contributed by atoms with Crippen molar-refractivity contribution in [3.8, 4) is 0 Å².